The molecule has 1 heterocycles. The summed E-state index contributed by atoms with van der Waals surface area (Å²) in [6, 6.07) is 15.3. The minimum absolute atomic E-state index is 0.0653. The molecule has 1 saturated heterocycles. The van der Waals surface area contributed by atoms with Crippen LogP contribution in [-0.4, -0.2) is 43.7 Å². The minimum atomic E-state index is -3.74. The van der Waals surface area contributed by atoms with Gasteiger partial charge in [0, 0.05) is 36.3 Å². The summed E-state index contributed by atoms with van der Waals surface area (Å²) in [6.45, 7) is 4.69. The summed E-state index contributed by atoms with van der Waals surface area (Å²) < 4.78 is 27.8. The van der Waals surface area contributed by atoms with Gasteiger partial charge in [0.15, 0.2) is 5.78 Å². The maximum absolute atomic E-state index is 13.2. The predicted molar refractivity (Wildman–Crippen MR) is 97.1 cm³/mol. The number of benzene rings is 2. The van der Waals surface area contributed by atoms with E-state index >= 15 is 0 Å². The lowest BCUT2D eigenvalue weighted by Gasteiger charge is -2.35. The van der Waals surface area contributed by atoms with Crippen LogP contribution < -0.4 is 5.32 Å². The van der Waals surface area contributed by atoms with Crippen LogP contribution in [0.15, 0.2) is 59.5 Å². The lowest BCUT2D eigenvalue weighted by Crippen LogP contribution is -2.55. The van der Waals surface area contributed by atoms with Crippen molar-refractivity contribution in [2.45, 2.75) is 30.8 Å². The van der Waals surface area contributed by atoms with E-state index < -0.39 is 10.0 Å². The van der Waals surface area contributed by atoms with Crippen LogP contribution in [0.25, 0.3) is 0 Å². The topological polar surface area (TPSA) is 66.5 Å². The Morgan fingerprint density at radius 2 is 1.52 bits per heavy atom. The summed E-state index contributed by atoms with van der Waals surface area (Å²) in [5, 5.41) is 3.32. The summed E-state index contributed by atoms with van der Waals surface area (Å²) >= 11 is 0. The molecule has 1 fully saturated rings. The highest BCUT2D eigenvalue weighted by molar-refractivity contribution is 7.89. The van der Waals surface area contributed by atoms with Crippen LogP contribution in [-0.2, 0) is 10.0 Å². The molecule has 1 N–H and O–H groups in total. The van der Waals surface area contributed by atoms with E-state index in [0.717, 1.165) is 0 Å². The quantitative estimate of drug-likeness (QED) is 0.852. The maximum Gasteiger partial charge on any atom is 0.243 e. The Labute approximate surface area is 148 Å². The van der Waals surface area contributed by atoms with Crippen LogP contribution in [0, 0.1) is 0 Å². The van der Waals surface area contributed by atoms with Crippen molar-refractivity contribution in [2.24, 2.45) is 0 Å². The number of hydrogen-bond donors (Lipinski definition) is 1. The number of carbonyl (C=O) groups is 1. The van der Waals surface area contributed by atoms with Gasteiger partial charge in [0.2, 0.25) is 10.0 Å². The Kier molecular flexibility index (Phi) is 5.03. The van der Waals surface area contributed by atoms with Crippen LogP contribution in [0.4, 0.5) is 0 Å². The third kappa shape index (κ3) is 3.66. The van der Waals surface area contributed by atoms with Gasteiger partial charge in [0.05, 0.1) is 4.90 Å². The van der Waals surface area contributed by atoms with Crippen LogP contribution in [0.3, 0.4) is 0 Å². The van der Waals surface area contributed by atoms with Crippen molar-refractivity contribution >= 4 is 15.8 Å². The molecule has 0 saturated carbocycles. The second-order valence-corrected chi connectivity index (χ2v) is 8.39. The van der Waals surface area contributed by atoms with Crippen molar-refractivity contribution < 1.29 is 13.2 Å². The van der Waals surface area contributed by atoms with Gasteiger partial charge in [-0.1, -0.05) is 42.5 Å². The summed E-state index contributed by atoms with van der Waals surface area (Å²) in [5.41, 5.74) is 0.694. The zero-order valence-corrected chi connectivity index (χ0v) is 15.2. The molecule has 2 atom stereocenters. The summed E-state index contributed by atoms with van der Waals surface area (Å²) in [6.07, 6.45) is 0. The Balaban J connectivity index is 2.02. The third-order valence-corrected chi connectivity index (χ3v) is 6.20. The first kappa shape index (κ1) is 17.8. The highest BCUT2D eigenvalue weighted by Crippen LogP contribution is 2.24. The standard InChI is InChI=1S/C19H22N2O3S/c1-14-12-21(13-15(2)20-14)25(23,24)18-11-7-6-10-17(18)19(22)16-8-4-3-5-9-16/h3-11,14-15,20H,12-13H2,1-2H3. The summed E-state index contributed by atoms with van der Waals surface area (Å²) in [4.78, 5) is 12.9. The zero-order chi connectivity index (χ0) is 18.0. The first-order valence-corrected chi connectivity index (χ1v) is 9.78. The highest BCUT2D eigenvalue weighted by atomic mass is 32.2. The van der Waals surface area contributed by atoms with Crippen LogP contribution in [0.2, 0.25) is 0 Å². The molecule has 1 aliphatic rings. The van der Waals surface area contributed by atoms with Gasteiger partial charge in [0.1, 0.15) is 0 Å². The van der Waals surface area contributed by atoms with Crippen molar-refractivity contribution in [3.63, 3.8) is 0 Å². The Bertz CT molecular complexity index is 855. The van der Waals surface area contributed by atoms with E-state index in [-0.39, 0.29) is 28.3 Å². The van der Waals surface area contributed by atoms with Crippen molar-refractivity contribution in [1.82, 2.24) is 9.62 Å². The fourth-order valence-electron chi connectivity index (χ4n) is 3.24. The molecule has 0 amide bonds. The van der Waals surface area contributed by atoms with Crippen molar-refractivity contribution in [2.75, 3.05) is 13.1 Å². The number of nitrogens with zero attached hydrogens (tertiary/aromatic N) is 1. The third-order valence-electron chi connectivity index (χ3n) is 4.31. The number of piperazine rings is 1. The second kappa shape index (κ2) is 7.07. The van der Waals surface area contributed by atoms with Gasteiger partial charge in [-0.15, -0.1) is 0 Å². The van der Waals surface area contributed by atoms with Gasteiger partial charge in [-0.2, -0.15) is 4.31 Å². The van der Waals surface area contributed by atoms with E-state index in [1.54, 1.807) is 42.5 Å². The van der Waals surface area contributed by atoms with Gasteiger partial charge in [-0.3, -0.25) is 4.79 Å². The fraction of sp³-hybridized carbons (Fsp3) is 0.316. The zero-order valence-electron chi connectivity index (χ0n) is 14.3. The normalized spacial score (nSPS) is 21.8. The molecular formula is C19H22N2O3S. The molecule has 2 aromatic carbocycles. The van der Waals surface area contributed by atoms with E-state index in [4.69, 9.17) is 0 Å². The lowest BCUT2D eigenvalue weighted by atomic mass is 10.0. The smallest absolute Gasteiger partial charge is 0.243 e. The Hall–Kier alpha value is -2.02. The molecule has 2 unspecified atom stereocenters. The Morgan fingerprint density at radius 1 is 0.960 bits per heavy atom. The number of rotatable bonds is 4. The summed E-state index contributed by atoms with van der Waals surface area (Å²) in [5.74, 6) is -0.281. The minimum Gasteiger partial charge on any atom is -0.309 e. The summed E-state index contributed by atoms with van der Waals surface area (Å²) in [7, 11) is -3.74. The highest BCUT2D eigenvalue weighted by Gasteiger charge is 2.33. The SMILES string of the molecule is CC1CN(S(=O)(=O)c2ccccc2C(=O)c2ccccc2)CC(C)N1. The van der Waals surface area contributed by atoms with Gasteiger partial charge >= 0.3 is 0 Å². The molecule has 25 heavy (non-hydrogen) atoms. The molecule has 5 nitrogen and oxygen atoms in total. The number of hydrogen-bond acceptors (Lipinski definition) is 4. The van der Waals surface area contributed by atoms with Crippen molar-refractivity contribution in [3.05, 3.63) is 65.7 Å². The number of nitrogens with one attached hydrogen (secondary N) is 1. The predicted octanol–water partition coefficient (Wildman–Crippen LogP) is 2.29. The second-order valence-electron chi connectivity index (χ2n) is 6.48. The molecular weight excluding hydrogens is 336 g/mol. The van der Waals surface area contributed by atoms with E-state index in [0.29, 0.717) is 18.7 Å². The molecule has 0 spiro atoms. The fourth-order valence-corrected chi connectivity index (χ4v) is 5.04. The van der Waals surface area contributed by atoms with E-state index in [2.05, 4.69) is 5.32 Å². The largest absolute Gasteiger partial charge is 0.309 e. The molecule has 0 radical (unpaired) electrons. The number of carbonyl (C=O) groups excluding carboxylic acids is 1. The lowest BCUT2D eigenvalue weighted by molar-refractivity contribution is 0.103. The molecule has 0 aromatic heterocycles. The maximum atomic E-state index is 13.2. The molecule has 0 aliphatic carbocycles. The van der Waals surface area contributed by atoms with Crippen LogP contribution in [0.5, 0.6) is 0 Å². The van der Waals surface area contributed by atoms with Crippen molar-refractivity contribution in [1.29, 1.82) is 0 Å². The first-order chi connectivity index (χ1) is 11.9. The van der Waals surface area contributed by atoms with Gasteiger partial charge in [0.25, 0.3) is 0 Å². The average molecular weight is 358 g/mol. The molecule has 2 aromatic rings. The molecule has 6 heteroatoms. The van der Waals surface area contributed by atoms with Crippen LogP contribution in [0.1, 0.15) is 29.8 Å². The molecule has 132 valence electrons. The monoisotopic (exact) mass is 358 g/mol. The van der Waals surface area contributed by atoms with E-state index in [1.807, 2.05) is 19.9 Å². The molecule has 0 bridgehead atoms. The Morgan fingerprint density at radius 3 is 2.16 bits per heavy atom. The molecule has 1 aliphatic heterocycles. The van der Waals surface area contributed by atoms with E-state index in [1.165, 1.54) is 10.4 Å². The van der Waals surface area contributed by atoms with Crippen molar-refractivity contribution in [3.8, 4) is 0 Å². The van der Waals surface area contributed by atoms with Gasteiger partial charge in [-0.25, -0.2) is 8.42 Å². The number of ketones is 1. The average Bonchev–Trinajstić information content (AvgIpc) is 2.61. The van der Waals surface area contributed by atoms with E-state index in [9.17, 15) is 13.2 Å². The van der Waals surface area contributed by atoms with Gasteiger partial charge < -0.3 is 5.32 Å². The number of sulfonamides is 1. The van der Waals surface area contributed by atoms with Gasteiger partial charge in [-0.05, 0) is 26.0 Å². The first-order valence-electron chi connectivity index (χ1n) is 8.34. The van der Waals surface area contributed by atoms with Crippen LogP contribution >= 0.6 is 0 Å². The molecule has 3 rings (SSSR count).